The van der Waals surface area contributed by atoms with Crippen LogP contribution in [0.2, 0.25) is 5.02 Å². The summed E-state index contributed by atoms with van der Waals surface area (Å²) in [4.78, 5) is 25.9. The maximum absolute atomic E-state index is 13.2. The van der Waals surface area contributed by atoms with E-state index in [2.05, 4.69) is 15.9 Å². The number of benzene rings is 2. The molecule has 10 heteroatoms. The Kier molecular flexibility index (Phi) is 9.61. The highest BCUT2D eigenvalue weighted by molar-refractivity contribution is 7.85. The van der Waals surface area contributed by atoms with Crippen LogP contribution >= 0.6 is 11.6 Å². The van der Waals surface area contributed by atoms with Gasteiger partial charge in [-0.3, -0.25) is 19.4 Å². The molecule has 2 atom stereocenters. The molecule has 4 rings (SSSR count). The second-order valence-electron chi connectivity index (χ2n) is 8.17. The normalized spacial score (nSPS) is 20.3. The number of aliphatic hydroxyl groups is 1. The van der Waals surface area contributed by atoms with Gasteiger partial charge in [0.1, 0.15) is 0 Å². The van der Waals surface area contributed by atoms with E-state index in [1.807, 2.05) is 36.4 Å². The molecule has 8 nitrogen and oxygen atoms in total. The number of rotatable bonds is 6. The van der Waals surface area contributed by atoms with E-state index in [-0.39, 0.29) is 25.5 Å². The van der Waals surface area contributed by atoms with E-state index in [4.69, 9.17) is 26.9 Å². The molecule has 2 aromatic carbocycles. The third-order valence-corrected chi connectivity index (χ3v) is 7.73. The molecule has 2 unspecified atom stereocenters. The molecular formula is C24H29ClN2O6S. The van der Waals surface area contributed by atoms with E-state index in [0.29, 0.717) is 5.02 Å². The molecule has 0 aliphatic carbocycles. The summed E-state index contributed by atoms with van der Waals surface area (Å²) in [7, 11) is -1.18. The number of β-amino-alcohol motifs (C(OH)–C–C–N with tert-alkyl or cyclic N) is 1. The van der Waals surface area contributed by atoms with Gasteiger partial charge in [0.15, 0.2) is 0 Å². The molecule has 1 fully saturated rings. The maximum Gasteiger partial charge on any atom is 0.303 e. The fourth-order valence-corrected chi connectivity index (χ4v) is 5.85. The summed E-state index contributed by atoms with van der Waals surface area (Å²) in [6.45, 7) is 4.73. The number of aliphatic hydroxyl groups excluding tert-OH is 1. The number of carboxylic acid groups (broad SMARTS) is 2. The van der Waals surface area contributed by atoms with E-state index in [1.54, 1.807) is 0 Å². The predicted octanol–water partition coefficient (Wildman–Crippen LogP) is 2.65. The fraction of sp³-hybridized carbons (Fsp3) is 0.417. The number of halogens is 1. The monoisotopic (exact) mass is 508 g/mol. The number of carbonyl (C=O) groups is 2. The Morgan fingerprint density at radius 2 is 1.62 bits per heavy atom. The molecule has 34 heavy (non-hydrogen) atoms. The molecule has 0 saturated carbocycles. The van der Waals surface area contributed by atoms with Gasteiger partial charge in [0, 0.05) is 53.6 Å². The molecular weight excluding hydrogens is 480 g/mol. The van der Waals surface area contributed by atoms with Crippen molar-refractivity contribution in [3.63, 3.8) is 0 Å². The molecule has 2 aliphatic rings. The average Bonchev–Trinajstić information content (AvgIpc) is 2.93. The summed E-state index contributed by atoms with van der Waals surface area (Å²) in [6.07, 6.45) is 0.226. The summed E-state index contributed by atoms with van der Waals surface area (Å²) < 4.78 is 13.2. The van der Waals surface area contributed by atoms with Crippen LogP contribution in [-0.2, 0) is 26.8 Å². The van der Waals surface area contributed by atoms with Gasteiger partial charge in [0.05, 0.1) is 30.2 Å². The van der Waals surface area contributed by atoms with Gasteiger partial charge in [0.25, 0.3) is 0 Å². The van der Waals surface area contributed by atoms with Crippen molar-refractivity contribution in [1.29, 1.82) is 0 Å². The Morgan fingerprint density at radius 1 is 0.971 bits per heavy atom. The van der Waals surface area contributed by atoms with E-state index in [1.165, 1.54) is 0 Å². The lowest BCUT2D eigenvalue weighted by Crippen LogP contribution is -2.48. The zero-order chi connectivity index (χ0) is 24.7. The number of aliphatic carboxylic acids is 2. The van der Waals surface area contributed by atoms with Crippen LogP contribution in [0.5, 0.6) is 0 Å². The van der Waals surface area contributed by atoms with Crippen LogP contribution in [0.1, 0.15) is 30.0 Å². The van der Waals surface area contributed by atoms with Gasteiger partial charge in [0.2, 0.25) is 0 Å². The molecule has 3 N–H and O–H groups in total. The molecule has 2 aliphatic heterocycles. The van der Waals surface area contributed by atoms with Crippen LogP contribution in [0.4, 0.5) is 0 Å². The van der Waals surface area contributed by atoms with Gasteiger partial charge < -0.3 is 15.3 Å². The SMILES string of the molecule is O=C(O)CCC(=O)O.O=S1c2ccc(Cl)cc2CC(N2CCN(CCO)CC2)c2ccccc21. The van der Waals surface area contributed by atoms with Crippen molar-refractivity contribution in [3.05, 3.63) is 58.6 Å². The number of hydrogen-bond acceptors (Lipinski definition) is 6. The summed E-state index contributed by atoms with van der Waals surface area (Å²) in [5, 5.41) is 25.7. The third kappa shape index (κ3) is 6.86. The van der Waals surface area contributed by atoms with Gasteiger partial charge in [-0.1, -0.05) is 29.8 Å². The van der Waals surface area contributed by atoms with Crippen molar-refractivity contribution >= 4 is 34.3 Å². The van der Waals surface area contributed by atoms with E-state index in [9.17, 15) is 13.8 Å². The van der Waals surface area contributed by atoms with Crippen molar-refractivity contribution in [2.24, 2.45) is 0 Å². The summed E-state index contributed by atoms with van der Waals surface area (Å²) in [5.41, 5.74) is 2.24. The van der Waals surface area contributed by atoms with E-state index in [0.717, 1.165) is 60.1 Å². The van der Waals surface area contributed by atoms with Crippen LogP contribution in [0, 0.1) is 0 Å². The smallest absolute Gasteiger partial charge is 0.303 e. The minimum absolute atomic E-state index is 0.200. The van der Waals surface area contributed by atoms with E-state index >= 15 is 0 Å². The second-order valence-corrected chi connectivity index (χ2v) is 10.0. The summed E-state index contributed by atoms with van der Waals surface area (Å²) in [5.74, 6) is -2.15. The molecule has 0 spiro atoms. The lowest BCUT2D eigenvalue weighted by Gasteiger charge is -2.39. The molecule has 0 bridgehead atoms. The largest absolute Gasteiger partial charge is 0.481 e. The van der Waals surface area contributed by atoms with Crippen LogP contribution in [0.25, 0.3) is 0 Å². The molecule has 0 radical (unpaired) electrons. The Labute approximate surface area is 206 Å². The lowest BCUT2D eigenvalue weighted by atomic mass is 9.96. The highest BCUT2D eigenvalue weighted by Crippen LogP contribution is 2.38. The number of carboxylic acids is 2. The maximum atomic E-state index is 13.2. The predicted molar refractivity (Wildman–Crippen MR) is 129 cm³/mol. The van der Waals surface area contributed by atoms with Crippen LogP contribution < -0.4 is 0 Å². The molecule has 2 heterocycles. The number of hydrogen-bond donors (Lipinski definition) is 3. The zero-order valence-corrected chi connectivity index (χ0v) is 20.3. The first kappa shape index (κ1) is 26.3. The molecule has 0 amide bonds. The quantitative estimate of drug-likeness (QED) is 0.545. The molecule has 0 aromatic heterocycles. The van der Waals surface area contributed by atoms with Gasteiger partial charge in [-0.25, -0.2) is 4.21 Å². The molecule has 184 valence electrons. The van der Waals surface area contributed by atoms with Gasteiger partial charge in [-0.05, 0) is 41.8 Å². The Morgan fingerprint density at radius 3 is 2.24 bits per heavy atom. The van der Waals surface area contributed by atoms with Gasteiger partial charge in [-0.2, -0.15) is 0 Å². The minimum atomic E-state index is -1.18. The fourth-order valence-electron chi connectivity index (χ4n) is 4.23. The molecule has 2 aromatic rings. The topological polar surface area (TPSA) is 118 Å². The zero-order valence-electron chi connectivity index (χ0n) is 18.7. The van der Waals surface area contributed by atoms with Crippen molar-refractivity contribution < 1.29 is 29.1 Å². The van der Waals surface area contributed by atoms with Crippen LogP contribution in [0.15, 0.2) is 52.3 Å². The van der Waals surface area contributed by atoms with Gasteiger partial charge in [-0.15, -0.1) is 0 Å². The average molecular weight is 509 g/mol. The summed E-state index contributed by atoms with van der Waals surface area (Å²) in [6, 6.07) is 14.0. The highest BCUT2D eigenvalue weighted by atomic mass is 35.5. The number of fused-ring (bicyclic) bond motifs is 2. The van der Waals surface area contributed by atoms with Crippen molar-refractivity contribution in [2.45, 2.75) is 35.1 Å². The first-order valence-corrected chi connectivity index (χ1v) is 12.6. The summed E-state index contributed by atoms with van der Waals surface area (Å²) >= 11 is 6.23. The Balaban J connectivity index is 0.000000350. The standard InChI is InChI=1S/C20H23ClN2O2S.C4H6O4/c21-16-5-6-19-15(13-16)14-18(17-3-1-2-4-20(17)26(19)25)23-9-7-22(8-10-23)11-12-24;5-3(6)1-2-4(7)8/h1-6,13,18,24H,7-12,14H2;1-2H2,(H,5,6)(H,7,8). The first-order valence-electron chi connectivity index (χ1n) is 11.1. The Bertz CT molecular complexity index is 1030. The van der Waals surface area contributed by atoms with Crippen LogP contribution in [0.3, 0.4) is 0 Å². The van der Waals surface area contributed by atoms with Crippen LogP contribution in [-0.4, -0.2) is 80.6 Å². The second kappa shape index (κ2) is 12.4. The highest BCUT2D eigenvalue weighted by Gasteiger charge is 2.32. The lowest BCUT2D eigenvalue weighted by molar-refractivity contribution is -0.143. The van der Waals surface area contributed by atoms with Gasteiger partial charge >= 0.3 is 11.9 Å². The van der Waals surface area contributed by atoms with Crippen molar-refractivity contribution in [3.8, 4) is 0 Å². The number of nitrogens with zero attached hydrogens (tertiary/aromatic N) is 2. The number of piperazine rings is 1. The Hall–Kier alpha value is -2.30. The third-order valence-electron chi connectivity index (χ3n) is 5.93. The van der Waals surface area contributed by atoms with Crippen molar-refractivity contribution in [2.75, 3.05) is 39.3 Å². The molecule has 1 saturated heterocycles. The van der Waals surface area contributed by atoms with Crippen molar-refractivity contribution in [1.82, 2.24) is 9.80 Å². The minimum Gasteiger partial charge on any atom is -0.481 e. The first-order chi connectivity index (χ1) is 16.3. The van der Waals surface area contributed by atoms with E-state index < -0.39 is 22.7 Å².